The molecule has 2 aromatic carbocycles. The van der Waals surface area contributed by atoms with Gasteiger partial charge in [0, 0.05) is 29.0 Å². The van der Waals surface area contributed by atoms with Crippen molar-refractivity contribution in [2.24, 2.45) is 0 Å². The van der Waals surface area contributed by atoms with Gasteiger partial charge in [-0.2, -0.15) is 0 Å². The van der Waals surface area contributed by atoms with E-state index in [4.69, 9.17) is 14.6 Å². The Labute approximate surface area is 178 Å². The smallest absolute Gasteiger partial charge is 0.288 e. The summed E-state index contributed by atoms with van der Waals surface area (Å²) in [6.07, 6.45) is 2.11. The monoisotopic (exact) mass is 491 g/mol. The number of allylic oxidation sites excluding steroid dienone is 1. The van der Waals surface area contributed by atoms with Crippen LogP contribution in [0.5, 0.6) is 0 Å². The first-order valence-electron chi connectivity index (χ1n) is 9.36. The second-order valence-corrected chi connectivity index (χ2v) is 8.30. The van der Waals surface area contributed by atoms with Crippen LogP contribution in [0.2, 0.25) is 0 Å². The molecule has 6 heteroatoms. The fraction of sp³-hybridized carbons (Fsp3) is 0.318. The van der Waals surface area contributed by atoms with Crippen molar-refractivity contribution < 1.29 is 19.4 Å². The number of rotatable bonds is 6. The van der Waals surface area contributed by atoms with Crippen molar-refractivity contribution in [3.8, 4) is 0 Å². The van der Waals surface area contributed by atoms with Crippen molar-refractivity contribution in [2.45, 2.75) is 31.8 Å². The molecule has 0 radical (unpaired) electrons. The largest absolute Gasteiger partial charge is 0.459 e. The van der Waals surface area contributed by atoms with Crippen LogP contribution in [0, 0.1) is 3.57 Å². The second kappa shape index (κ2) is 8.63. The Hall–Kier alpha value is -1.90. The van der Waals surface area contributed by atoms with Crippen LogP contribution < -0.4 is 0 Å². The molecule has 0 aromatic heterocycles. The van der Waals surface area contributed by atoms with Gasteiger partial charge in [0.15, 0.2) is 5.76 Å². The van der Waals surface area contributed by atoms with Gasteiger partial charge in [-0.1, -0.05) is 36.4 Å². The molecule has 1 N–H and O–H groups in total. The lowest BCUT2D eigenvalue weighted by Gasteiger charge is -2.29. The van der Waals surface area contributed by atoms with Gasteiger partial charge in [-0.15, -0.1) is 0 Å². The number of aliphatic hydroxyl groups excluding tert-OH is 1. The number of benzene rings is 2. The standard InChI is InChI=1S/C22H22INO4/c23-19-7-5-17(6-8-19)18-11-20(22(26)24-9-10-24)28-21(12-18)27-14-16-3-1-15(13-25)2-4-16/h1-8,11,18,21,25H,9-10,12-14H2/t18-,21+/m1/s1. The number of carbonyl (C=O) groups is 1. The number of aliphatic hydroxyl groups is 1. The Kier molecular flexibility index (Phi) is 5.99. The van der Waals surface area contributed by atoms with Gasteiger partial charge in [0.2, 0.25) is 6.29 Å². The van der Waals surface area contributed by atoms with Crippen molar-refractivity contribution in [2.75, 3.05) is 13.1 Å². The van der Waals surface area contributed by atoms with E-state index in [9.17, 15) is 4.79 Å². The molecular formula is C22H22INO4. The van der Waals surface area contributed by atoms with Crippen molar-refractivity contribution in [1.82, 2.24) is 4.90 Å². The highest BCUT2D eigenvalue weighted by Gasteiger charge is 2.34. The lowest BCUT2D eigenvalue weighted by atomic mass is 9.93. The van der Waals surface area contributed by atoms with Crippen LogP contribution in [0.25, 0.3) is 0 Å². The summed E-state index contributed by atoms with van der Waals surface area (Å²) in [6, 6.07) is 16.0. The van der Waals surface area contributed by atoms with Gasteiger partial charge in [-0.05, 0) is 57.5 Å². The van der Waals surface area contributed by atoms with Gasteiger partial charge in [-0.3, -0.25) is 4.79 Å². The number of carbonyl (C=O) groups excluding carboxylic acids is 1. The summed E-state index contributed by atoms with van der Waals surface area (Å²) < 4.78 is 13.1. The quantitative estimate of drug-likeness (QED) is 0.496. The van der Waals surface area contributed by atoms with Gasteiger partial charge in [-0.25, -0.2) is 0 Å². The Morgan fingerprint density at radius 3 is 2.43 bits per heavy atom. The molecule has 0 spiro atoms. The molecule has 146 valence electrons. The lowest BCUT2D eigenvalue weighted by Crippen LogP contribution is -2.29. The number of nitrogens with zero attached hydrogens (tertiary/aromatic N) is 1. The zero-order valence-corrected chi connectivity index (χ0v) is 17.5. The molecule has 0 saturated carbocycles. The fourth-order valence-corrected chi connectivity index (χ4v) is 3.55. The molecule has 1 saturated heterocycles. The highest BCUT2D eigenvalue weighted by molar-refractivity contribution is 14.1. The van der Waals surface area contributed by atoms with Crippen LogP contribution in [0.1, 0.15) is 29.0 Å². The third kappa shape index (κ3) is 4.74. The van der Waals surface area contributed by atoms with Gasteiger partial charge < -0.3 is 19.5 Å². The Morgan fingerprint density at radius 2 is 1.79 bits per heavy atom. The molecule has 0 aliphatic carbocycles. The molecule has 0 bridgehead atoms. The summed E-state index contributed by atoms with van der Waals surface area (Å²) in [4.78, 5) is 14.3. The van der Waals surface area contributed by atoms with E-state index >= 15 is 0 Å². The molecule has 5 nitrogen and oxygen atoms in total. The van der Waals surface area contributed by atoms with Crippen molar-refractivity contribution in [3.05, 3.63) is 80.6 Å². The zero-order chi connectivity index (χ0) is 19.5. The average Bonchev–Trinajstić information content (AvgIpc) is 3.58. The number of hydrogen-bond acceptors (Lipinski definition) is 4. The highest BCUT2D eigenvalue weighted by atomic mass is 127. The van der Waals surface area contributed by atoms with E-state index in [0.29, 0.717) is 18.8 Å². The summed E-state index contributed by atoms with van der Waals surface area (Å²) in [5.74, 6) is 0.399. The molecule has 2 aromatic rings. The van der Waals surface area contributed by atoms with Crippen LogP contribution in [-0.4, -0.2) is 35.3 Å². The number of halogens is 1. The van der Waals surface area contributed by atoms with E-state index in [-0.39, 0.29) is 18.4 Å². The van der Waals surface area contributed by atoms with E-state index in [1.807, 2.05) is 30.3 Å². The molecule has 1 fully saturated rings. The second-order valence-electron chi connectivity index (χ2n) is 7.05. The third-order valence-electron chi connectivity index (χ3n) is 4.94. The number of ether oxygens (including phenoxy) is 2. The van der Waals surface area contributed by atoms with Gasteiger partial charge in [0.1, 0.15) is 0 Å². The Bertz CT molecular complexity index is 859. The topological polar surface area (TPSA) is 58.8 Å². The van der Waals surface area contributed by atoms with Crippen LogP contribution in [-0.2, 0) is 27.5 Å². The highest BCUT2D eigenvalue weighted by Crippen LogP contribution is 2.33. The normalized spacial score (nSPS) is 21.1. The maximum Gasteiger partial charge on any atom is 0.288 e. The maximum atomic E-state index is 12.5. The minimum absolute atomic E-state index is 0.0251. The molecule has 1 amide bonds. The zero-order valence-electron chi connectivity index (χ0n) is 15.4. The molecule has 4 rings (SSSR count). The Balaban J connectivity index is 1.48. The molecule has 2 aliphatic heterocycles. The molecule has 0 unspecified atom stereocenters. The van der Waals surface area contributed by atoms with E-state index in [0.717, 1.165) is 29.8 Å². The van der Waals surface area contributed by atoms with Crippen molar-refractivity contribution in [3.63, 3.8) is 0 Å². The van der Waals surface area contributed by atoms with Crippen molar-refractivity contribution >= 4 is 28.5 Å². The molecular weight excluding hydrogens is 469 g/mol. The predicted molar refractivity (Wildman–Crippen MR) is 113 cm³/mol. The van der Waals surface area contributed by atoms with Gasteiger partial charge in [0.05, 0.1) is 13.2 Å². The number of amides is 1. The molecule has 2 aliphatic rings. The summed E-state index contributed by atoms with van der Waals surface area (Å²) >= 11 is 2.29. The molecule has 28 heavy (non-hydrogen) atoms. The number of hydrogen-bond donors (Lipinski definition) is 1. The van der Waals surface area contributed by atoms with E-state index in [1.54, 1.807) is 4.90 Å². The first-order chi connectivity index (χ1) is 13.6. The van der Waals surface area contributed by atoms with Crippen LogP contribution in [0.3, 0.4) is 0 Å². The van der Waals surface area contributed by atoms with Crippen LogP contribution >= 0.6 is 22.6 Å². The molecule has 2 heterocycles. The average molecular weight is 491 g/mol. The fourth-order valence-electron chi connectivity index (χ4n) is 3.19. The minimum Gasteiger partial charge on any atom is -0.459 e. The third-order valence-corrected chi connectivity index (χ3v) is 5.66. The maximum absolute atomic E-state index is 12.5. The lowest BCUT2D eigenvalue weighted by molar-refractivity contribution is -0.152. The van der Waals surface area contributed by atoms with E-state index < -0.39 is 6.29 Å². The first-order valence-corrected chi connectivity index (χ1v) is 10.4. The van der Waals surface area contributed by atoms with E-state index in [2.05, 4.69) is 46.9 Å². The van der Waals surface area contributed by atoms with Gasteiger partial charge in [0.25, 0.3) is 5.91 Å². The van der Waals surface area contributed by atoms with Crippen LogP contribution in [0.15, 0.2) is 60.4 Å². The molecule has 2 atom stereocenters. The summed E-state index contributed by atoms with van der Waals surface area (Å²) in [5, 5.41) is 9.15. The summed E-state index contributed by atoms with van der Waals surface area (Å²) in [7, 11) is 0. The van der Waals surface area contributed by atoms with Gasteiger partial charge >= 0.3 is 0 Å². The minimum atomic E-state index is -0.481. The van der Waals surface area contributed by atoms with Crippen molar-refractivity contribution in [1.29, 1.82) is 0 Å². The van der Waals surface area contributed by atoms with E-state index in [1.165, 1.54) is 3.57 Å². The predicted octanol–water partition coefficient (Wildman–Crippen LogP) is 3.56. The summed E-state index contributed by atoms with van der Waals surface area (Å²) in [6.45, 7) is 1.99. The van der Waals surface area contributed by atoms with Crippen LogP contribution in [0.4, 0.5) is 0 Å². The Morgan fingerprint density at radius 1 is 1.11 bits per heavy atom. The summed E-state index contributed by atoms with van der Waals surface area (Å²) in [5.41, 5.74) is 3.02. The SMILES string of the molecule is O=C(C1=C[C@@H](c2ccc(I)cc2)C[C@@H](OCc2ccc(CO)cc2)O1)N1CC1. The first kappa shape index (κ1) is 19.4.